The van der Waals surface area contributed by atoms with Crippen molar-refractivity contribution in [2.45, 2.75) is 56.8 Å². The maximum atomic E-state index is 12.3. The summed E-state index contributed by atoms with van der Waals surface area (Å²) >= 11 is 0. The van der Waals surface area contributed by atoms with Crippen LogP contribution >= 0.6 is 12.4 Å². The predicted octanol–water partition coefficient (Wildman–Crippen LogP) is 1.53. The lowest BCUT2D eigenvalue weighted by atomic mass is 9.99. The molecule has 3 rings (SSSR count). The van der Waals surface area contributed by atoms with Gasteiger partial charge in [0, 0.05) is 35.8 Å². The van der Waals surface area contributed by atoms with Crippen LogP contribution in [0.2, 0.25) is 0 Å². The number of carbonyl (C=O) groups excluding carboxylic acids is 2. The van der Waals surface area contributed by atoms with Crippen LogP contribution in [0.15, 0.2) is 24.3 Å². The van der Waals surface area contributed by atoms with E-state index in [9.17, 15) is 19.7 Å². The van der Waals surface area contributed by atoms with Gasteiger partial charge in [-0.1, -0.05) is 6.07 Å². The van der Waals surface area contributed by atoms with E-state index in [-0.39, 0.29) is 35.6 Å². The Morgan fingerprint density at radius 1 is 1.27 bits per heavy atom. The van der Waals surface area contributed by atoms with Gasteiger partial charge in [0.1, 0.15) is 6.04 Å². The van der Waals surface area contributed by atoms with E-state index in [1.807, 2.05) is 0 Å². The van der Waals surface area contributed by atoms with Crippen LogP contribution in [0.1, 0.15) is 43.0 Å². The van der Waals surface area contributed by atoms with Crippen molar-refractivity contribution in [2.24, 2.45) is 0 Å². The Hall–Kier alpha value is -2.19. The van der Waals surface area contributed by atoms with Crippen LogP contribution in [0, 0.1) is 10.1 Å². The Bertz CT molecular complexity index is 687. The summed E-state index contributed by atoms with van der Waals surface area (Å²) in [5.41, 5.74) is 0.00342. The van der Waals surface area contributed by atoms with E-state index in [1.54, 1.807) is 6.92 Å². The first-order chi connectivity index (χ1) is 11.9. The van der Waals surface area contributed by atoms with E-state index >= 15 is 0 Å². The fourth-order valence-corrected chi connectivity index (χ4v) is 3.61. The van der Waals surface area contributed by atoms with Crippen LogP contribution in [0.25, 0.3) is 0 Å². The van der Waals surface area contributed by atoms with Crippen LogP contribution in [-0.2, 0) is 4.79 Å². The highest BCUT2D eigenvalue weighted by molar-refractivity contribution is 5.97. The van der Waals surface area contributed by atoms with Gasteiger partial charge in [0.15, 0.2) is 0 Å². The normalized spacial score (nSPS) is 24.9. The molecule has 2 aliphatic heterocycles. The first-order valence-corrected chi connectivity index (χ1v) is 8.54. The molecule has 2 heterocycles. The van der Waals surface area contributed by atoms with Gasteiger partial charge in [-0.3, -0.25) is 19.7 Å². The number of carbonyl (C=O) groups is 2. The van der Waals surface area contributed by atoms with Gasteiger partial charge in [0.2, 0.25) is 5.91 Å². The highest BCUT2D eigenvalue weighted by Gasteiger charge is 2.34. The number of hydrogen-bond donors (Lipinski definition) is 3. The Morgan fingerprint density at radius 3 is 2.54 bits per heavy atom. The average Bonchev–Trinajstić information content (AvgIpc) is 2.93. The van der Waals surface area contributed by atoms with Gasteiger partial charge >= 0.3 is 0 Å². The fraction of sp³-hybridized carbons (Fsp3) is 0.529. The number of halogens is 1. The Morgan fingerprint density at radius 2 is 1.92 bits per heavy atom. The van der Waals surface area contributed by atoms with Gasteiger partial charge in [-0.25, -0.2) is 0 Å². The number of benzene rings is 1. The second-order valence-corrected chi connectivity index (χ2v) is 6.82. The maximum Gasteiger partial charge on any atom is 0.270 e. The minimum absolute atomic E-state index is 0. The quantitative estimate of drug-likeness (QED) is 0.528. The third-order valence-electron chi connectivity index (χ3n) is 4.88. The van der Waals surface area contributed by atoms with E-state index in [0.29, 0.717) is 12.1 Å². The molecule has 0 saturated carbocycles. The summed E-state index contributed by atoms with van der Waals surface area (Å²) in [6.07, 6.45) is 4.12. The third-order valence-corrected chi connectivity index (χ3v) is 4.88. The maximum absolute atomic E-state index is 12.3. The highest BCUT2D eigenvalue weighted by Crippen LogP contribution is 2.26. The van der Waals surface area contributed by atoms with Gasteiger partial charge in [0.05, 0.1) is 4.92 Å². The largest absolute Gasteiger partial charge is 0.351 e. The first-order valence-electron chi connectivity index (χ1n) is 8.54. The van der Waals surface area contributed by atoms with Gasteiger partial charge in [-0.15, -0.1) is 12.4 Å². The summed E-state index contributed by atoms with van der Waals surface area (Å²) < 4.78 is 0. The summed E-state index contributed by atoms with van der Waals surface area (Å²) in [6.45, 7) is 1.61. The van der Waals surface area contributed by atoms with Crippen molar-refractivity contribution in [3.8, 4) is 0 Å². The lowest BCUT2D eigenvalue weighted by Gasteiger charge is -2.30. The number of nitrogens with zero attached hydrogens (tertiary/aromatic N) is 1. The molecule has 3 unspecified atom stereocenters. The van der Waals surface area contributed by atoms with E-state index < -0.39 is 16.9 Å². The summed E-state index contributed by atoms with van der Waals surface area (Å²) in [7, 11) is 0. The van der Waals surface area contributed by atoms with E-state index in [2.05, 4.69) is 16.0 Å². The van der Waals surface area contributed by atoms with Gasteiger partial charge in [-0.05, 0) is 38.7 Å². The molecular weight excluding hydrogens is 360 g/mol. The number of nitrogens with one attached hydrogen (secondary N) is 3. The number of fused-ring (bicyclic) bond motifs is 2. The summed E-state index contributed by atoms with van der Waals surface area (Å²) in [5, 5.41) is 19.9. The Balaban J connectivity index is 0.00000243. The molecule has 0 radical (unpaired) electrons. The molecule has 9 heteroatoms. The molecule has 0 aromatic heterocycles. The summed E-state index contributed by atoms with van der Waals surface area (Å²) in [4.78, 5) is 34.8. The second-order valence-electron chi connectivity index (χ2n) is 6.82. The minimum atomic E-state index is -0.709. The monoisotopic (exact) mass is 382 g/mol. The predicted molar refractivity (Wildman–Crippen MR) is 98.4 cm³/mol. The molecule has 0 aliphatic carbocycles. The van der Waals surface area contributed by atoms with Crippen LogP contribution < -0.4 is 16.0 Å². The zero-order chi connectivity index (χ0) is 18.0. The zero-order valence-electron chi connectivity index (χ0n) is 14.4. The van der Waals surface area contributed by atoms with E-state index in [1.165, 1.54) is 24.3 Å². The van der Waals surface area contributed by atoms with Crippen molar-refractivity contribution in [2.75, 3.05) is 0 Å². The highest BCUT2D eigenvalue weighted by atomic mass is 35.5. The van der Waals surface area contributed by atoms with Crippen molar-refractivity contribution >= 4 is 29.9 Å². The molecule has 142 valence electrons. The standard InChI is InChI=1S/C17H22N4O4.ClH/c1-10(16(22)20-14-8-12-5-6-13(9-14)19-12)18-17(23)11-3-2-4-15(7-11)21(24)25;/h2-4,7,10,12-14,19H,5-6,8-9H2,1H3,(H,18,23)(H,20,22);1H. The zero-order valence-corrected chi connectivity index (χ0v) is 15.3. The van der Waals surface area contributed by atoms with Crippen molar-refractivity contribution in [1.82, 2.24) is 16.0 Å². The molecule has 3 N–H and O–H groups in total. The Kier molecular flexibility index (Phi) is 6.55. The molecule has 8 nitrogen and oxygen atoms in total. The summed E-state index contributed by atoms with van der Waals surface area (Å²) in [5.74, 6) is -0.734. The molecule has 2 aliphatic rings. The van der Waals surface area contributed by atoms with Crippen LogP contribution in [0.5, 0.6) is 0 Å². The molecule has 1 aromatic rings. The minimum Gasteiger partial charge on any atom is -0.351 e. The Labute approximate surface area is 157 Å². The summed E-state index contributed by atoms with van der Waals surface area (Å²) in [6, 6.07) is 5.81. The fourth-order valence-electron chi connectivity index (χ4n) is 3.61. The molecule has 1 aromatic carbocycles. The number of piperidine rings is 1. The van der Waals surface area contributed by atoms with Crippen molar-refractivity contribution in [3.05, 3.63) is 39.9 Å². The average molecular weight is 383 g/mol. The molecule has 26 heavy (non-hydrogen) atoms. The number of hydrogen-bond acceptors (Lipinski definition) is 5. The van der Waals surface area contributed by atoms with Gasteiger partial charge < -0.3 is 16.0 Å². The number of amides is 2. The van der Waals surface area contributed by atoms with Crippen LogP contribution in [0.4, 0.5) is 5.69 Å². The smallest absolute Gasteiger partial charge is 0.270 e. The number of non-ortho nitro benzene ring substituents is 1. The molecular formula is C17H23ClN4O4. The van der Waals surface area contributed by atoms with Crippen LogP contribution in [0.3, 0.4) is 0 Å². The molecule has 2 saturated heterocycles. The number of nitro groups is 1. The third kappa shape index (κ3) is 4.70. The molecule has 2 bridgehead atoms. The second kappa shape index (κ2) is 8.46. The molecule has 0 spiro atoms. The lowest BCUT2D eigenvalue weighted by Crippen LogP contribution is -2.52. The number of rotatable bonds is 5. The SMILES string of the molecule is CC(NC(=O)c1cccc([N+](=O)[O-])c1)C(=O)NC1CC2CCC(C1)N2.Cl. The first kappa shape index (κ1) is 20.1. The molecule has 2 amide bonds. The van der Waals surface area contributed by atoms with Crippen molar-refractivity contribution < 1.29 is 14.5 Å². The number of nitro benzene ring substituents is 1. The van der Waals surface area contributed by atoms with Crippen molar-refractivity contribution in [3.63, 3.8) is 0 Å². The molecule has 2 fully saturated rings. The van der Waals surface area contributed by atoms with E-state index in [4.69, 9.17) is 0 Å². The lowest BCUT2D eigenvalue weighted by molar-refractivity contribution is -0.384. The van der Waals surface area contributed by atoms with Crippen LogP contribution in [-0.4, -0.2) is 40.9 Å². The topological polar surface area (TPSA) is 113 Å². The van der Waals surface area contributed by atoms with E-state index in [0.717, 1.165) is 25.7 Å². The van der Waals surface area contributed by atoms with Gasteiger partial charge in [-0.2, -0.15) is 0 Å². The van der Waals surface area contributed by atoms with Crippen molar-refractivity contribution in [1.29, 1.82) is 0 Å². The molecule has 3 atom stereocenters. The van der Waals surface area contributed by atoms with Gasteiger partial charge in [0.25, 0.3) is 11.6 Å².